The second-order valence-electron chi connectivity index (χ2n) is 3.63. The highest BCUT2D eigenvalue weighted by Gasteiger charge is 2.09. The molecule has 0 bridgehead atoms. The van der Waals surface area contributed by atoms with Gasteiger partial charge in [-0.05, 0) is 51.4 Å². The quantitative estimate of drug-likeness (QED) is 0.427. The first-order chi connectivity index (χ1) is 8.15. The summed E-state index contributed by atoms with van der Waals surface area (Å²) in [5, 5.41) is 2.82. The second-order valence-corrected chi connectivity index (χ2v) is 5.56. The van der Waals surface area contributed by atoms with Crippen molar-refractivity contribution in [1.82, 2.24) is 5.32 Å². The lowest BCUT2D eigenvalue weighted by Gasteiger charge is -2.06. The van der Waals surface area contributed by atoms with Gasteiger partial charge in [-0.15, -0.1) is 0 Å². The summed E-state index contributed by atoms with van der Waals surface area (Å²) < 4.78 is 14.5. The monoisotopic (exact) mass is 413 g/mol. The molecule has 0 aliphatic carbocycles. The number of halogens is 3. The van der Waals surface area contributed by atoms with Crippen LogP contribution in [0.1, 0.15) is 29.6 Å². The molecule has 0 saturated heterocycles. The van der Waals surface area contributed by atoms with Gasteiger partial charge in [0.2, 0.25) is 0 Å². The number of carbonyl (C=O) groups excluding carboxylic acids is 1. The van der Waals surface area contributed by atoms with Crippen molar-refractivity contribution < 1.29 is 9.18 Å². The standard InChI is InChI=1S/C12H14BrFINO/c13-11-8-9(14)4-5-10(11)12(17)16-7-3-1-2-6-15/h4-5,8H,1-3,6-7H2,(H,16,17). The third-order valence-corrected chi connectivity index (χ3v) is 3.69. The third-order valence-electron chi connectivity index (χ3n) is 2.27. The van der Waals surface area contributed by atoms with Crippen molar-refractivity contribution in [1.29, 1.82) is 0 Å². The molecule has 17 heavy (non-hydrogen) atoms. The van der Waals surface area contributed by atoms with E-state index in [4.69, 9.17) is 0 Å². The van der Waals surface area contributed by atoms with Crippen molar-refractivity contribution in [2.75, 3.05) is 11.0 Å². The van der Waals surface area contributed by atoms with E-state index in [0.29, 0.717) is 16.6 Å². The van der Waals surface area contributed by atoms with Crippen LogP contribution in [0.15, 0.2) is 22.7 Å². The summed E-state index contributed by atoms with van der Waals surface area (Å²) in [7, 11) is 0. The van der Waals surface area contributed by atoms with Crippen LogP contribution in [0, 0.1) is 5.82 Å². The highest BCUT2D eigenvalue weighted by Crippen LogP contribution is 2.17. The van der Waals surface area contributed by atoms with E-state index in [-0.39, 0.29) is 11.7 Å². The molecule has 0 heterocycles. The summed E-state index contributed by atoms with van der Waals surface area (Å²) in [6.07, 6.45) is 3.28. The smallest absolute Gasteiger partial charge is 0.252 e. The van der Waals surface area contributed by atoms with Crippen molar-refractivity contribution in [3.05, 3.63) is 34.1 Å². The zero-order chi connectivity index (χ0) is 12.7. The SMILES string of the molecule is O=C(NCCCCCI)c1ccc(F)cc1Br. The van der Waals surface area contributed by atoms with Gasteiger partial charge in [0, 0.05) is 11.0 Å². The van der Waals surface area contributed by atoms with Crippen LogP contribution in [-0.2, 0) is 0 Å². The maximum atomic E-state index is 12.8. The van der Waals surface area contributed by atoms with Gasteiger partial charge in [0.05, 0.1) is 5.56 Å². The second kappa shape index (κ2) is 8.02. The number of unbranched alkanes of at least 4 members (excludes halogenated alkanes) is 2. The Balaban J connectivity index is 2.42. The predicted molar refractivity (Wildman–Crippen MR) is 79.2 cm³/mol. The molecule has 94 valence electrons. The molecular weight excluding hydrogens is 400 g/mol. The van der Waals surface area contributed by atoms with Crippen molar-refractivity contribution in [2.45, 2.75) is 19.3 Å². The van der Waals surface area contributed by atoms with Crippen LogP contribution in [0.25, 0.3) is 0 Å². The molecular formula is C12H14BrFINO. The average Bonchev–Trinajstić information content (AvgIpc) is 2.28. The highest BCUT2D eigenvalue weighted by atomic mass is 127. The third kappa shape index (κ3) is 5.33. The summed E-state index contributed by atoms with van der Waals surface area (Å²) in [4.78, 5) is 11.7. The molecule has 0 unspecified atom stereocenters. The van der Waals surface area contributed by atoms with E-state index in [9.17, 15) is 9.18 Å². The summed E-state index contributed by atoms with van der Waals surface area (Å²) in [6.45, 7) is 0.666. The van der Waals surface area contributed by atoms with Crippen LogP contribution < -0.4 is 5.32 Å². The Morgan fingerprint density at radius 3 is 2.76 bits per heavy atom. The molecule has 1 aromatic carbocycles. The fourth-order valence-electron chi connectivity index (χ4n) is 1.37. The van der Waals surface area contributed by atoms with Crippen molar-refractivity contribution in [3.8, 4) is 0 Å². The van der Waals surface area contributed by atoms with Gasteiger partial charge in [-0.2, -0.15) is 0 Å². The van der Waals surface area contributed by atoms with Gasteiger partial charge >= 0.3 is 0 Å². The summed E-state index contributed by atoms with van der Waals surface area (Å²) in [5.41, 5.74) is 0.472. The molecule has 0 radical (unpaired) electrons. The Kier molecular flexibility index (Phi) is 7.03. The summed E-state index contributed by atoms with van der Waals surface area (Å²) in [5.74, 6) is -0.512. The molecule has 5 heteroatoms. The molecule has 1 rings (SSSR count). The summed E-state index contributed by atoms with van der Waals surface area (Å²) in [6, 6.07) is 4.07. The average molecular weight is 414 g/mol. The van der Waals surface area contributed by atoms with Gasteiger partial charge in [-0.3, -0.25) is 4.79 Å². The Bertz CT molecular complexity index is 387. The molecule has 0 aliphatic heterocycles. The highest BCUT2D eigenvalue weighted by molar-refractivity contribution is 14.1. The molecule has 1 N–H and O–H groups in total. The van der Waals surface area contributed by atoms with Crippen LogP contribution in [0.3, 0.4) is 0 Å². The van der Waals surface area contributed by atoms with Gasteiger partial charge < -0.3 is 5.32 Å². The van der Waals surface area contributed by atoms with Crippen LogP contribution >= 0.6 is 38.5 Å². The molecule has 1 aromatic rings. The van der Waals surface area contributed by atoms with Crippen molar-refractivity contribution in [2.24, 2.45) is 0 Å². The minimum absolute atomic E-state index is 0.161. The maximum Gasteiger partial charge on any atom is 0.252 e. The van der Waals surface area contributed by atoms with E-state index in [0.717, 1.165) is 17.3 Å². The maximum absolute atomic E-state index is 12.8. The largest absolute Gasteiger partial charge is 0.352 e. The Morgan fingerprint density at radius 1 is 1.35 bits per heavy atom. The Hall–Kier alpha value is -0.170. The molecule has 0 aliphatic rings. The number of rotatable bonds is 6. The van der Waals surface area contributed by atoms with Gasteiger partial charge in [0.15, 0.2) is 0 Å². The molecule has 0 atom stereocenters. The lowest BCUT2D eigenvalue weighted by atomic mass is 10.2. The Labute approximate surface area is 123 Å². The Morgan fingerprint density at radius 2 is 2.12 bits per heavy atom. The minimum Gasteiger partial charge on any atom is -0.352 e. The molecule has 0 fully saturated rings. The van der Waals surface area contributed by atoms with E-state index in [1.54, 1.807) is 0 Å². The summed E-state index contributed by atoms with van der Waals surface area (Å²) >= 11 is 5.52. The first kappa shape index (κ1) is 14.9. The number of hydrogen-bond donors (Lipinski definition) is 1. The number of nitrogens with one attached hydrogen (secondary N) is 1. The van der Waals surface area contributed by atoms with Gasteiger partial charge in [-0.25, -0.2) is 4.39 Å². The van der Waals surface area contributed by atoms with Crippen LogP contribution in [0.2, 0.25) is 0 Å². The predicted octanol–water partition coefficient (Wildman–Crippen LogP) is 3.92. The van der Waals surface area contributed by atoms with Crippen molar-refractivity contribution >= 4 is 44.4 Å². The zero-order valence-corrected chi connectivity index (χ0v) is 13.1. The lowest BCUT2D eigenvalue weighted by Crippen LogP contribution is -2.24. The molecule has 1 amide bonds. The van der Waals surface area contributed by atoms with Crippen LogP contribution in [-0.4, -0.2) is 16.9 Å². The molecule has 0 spiro atoms. The van der Waals surface area contributed by atoms with E-state index in [1.165, 1.54) is 24.6 Å². The fraction of sp³-hybridized carbons (Fsp3) is 0.417. The first-order valence-corrected chi connectivity index (χ1v) is 7.76. The van der Waals surface area contributed by atoms with E-state index in [1.807, 2.05) is 0 Å². The first-order valence-electron chi connectivity index (χ1n) is 5.44. The molecule has 0 aromatic heterocycles. The van der Waals surface area contributed by atoms with E-state index in [2.05, 4.69) is 43.8 Å². The molecule has 2 nitrogen and oxygen atoms in total. The van der Waals surface area contributed by atoms with Gasteiger partial charge in [-0.1, -0.05) is 29.0 Å². The van der Waals surface area contributed by atoms with Gasteiger partial charge in [0.25, 0.3) is 5.91 Å². The zero-order valence-electron chi connectivity index (χ0n) is 9.31. The lowest BCUT2D eigenvalue weighted by molar-refractivity contribution is 0.0952. The van der Waals surface area contributed by atoms with Crippen LogP contribution in [0.4, 0.5) is 4.39 Å². The number of alkyl halides is 1. The number of carbonyl (C=O) groups is 1. The fourth-order valence-corrected chi connectivity index (χ4v) is 2.44. The van der Waals surface area contributed by atoms with Crippen molar-refractivity contribution in [3.63, 3.8) is 0 Å². The van der Waals surface area contributed by atoms with Crippen LogP contribution in [0.5, 0.6) is 0 Å². The number of hydrogen-bond acceptors (Lipinski definition) is 1. The minimum atomic E-state index is -0.351. The molecule has 0 saturated carbocycles. The van der Waals surface area contributed by atoms with E-state index < -0.39 is 0 Å². The van der Waals surface area contributed by atoms with E-state index >= 15 is 0 Å². The number of benzene rings is 1. The van der Waals surface area contributed by atoms with Gasteiger partial charge in [0.1, 0.15) is 5.82 Å². The number of amides is 1. The topological polar surface area (TPSA) is 29.1 Å². The normalized spacial score (nSPS) is 10.3.